The van der Waals surface area contributed by atoms with E-state index >= 15 is 0 Å². The fourth-order valence-electron chi connectivity index (χ4n) is 2.51. The molecular weight excluding hydrogens is 288 g/mol. The Balaban J connectivity index is 1.96. The summed E-state index contributed by atoms with van der Waals surface area (Å²) in [7, 11) is 1.89. The van der Waals surface area contributed by atoms with Crippen molar-refractivity contribution in [3.05, 3.63) is 71.8 Å². The van der Waals surface area contributed by atoms with Gasteiger partial charge in [0, 0.05) is 26.1 Å². The van der Waals surface area contributed by atoms with Gasteiger partial charge >= 0.3 is 0 Å². The van der Waals surface area contributed by atoms with Crippen LogP contribution in [0.4, 0.5) is 4.39 Å². The lowest BCUT2D eigenvalue weighted by atomic mass is 9.85. The summed E-state index contributed by atoms with van der Waals surface area (Å²) in [6.07, 6.45) is -0.984. The quantitative estimate of drug-likeness (QED) is 0.489. The molecule has 0 heterocycles. The van der Waals surface area contributed by atoms with Crippen molar-refractivity contribution in [2.75, 3.05) is 19.7 Å². The summed E-state index contributed by atoms with van der Waals surface area (Å²) in [4.78, 5) is 2.13. The highest BCUT2D eigenvalue weighted by atomic mass is 19.1. The molecule has 4 heteroatoms. The minimum atomic E-state index is -0.984. The van der Waals surface area contributed by atoms with Crippen molar-refractivity contribution >= 4 is 7.28 Å². The van der Waals surface area contributed by atoms with Crippen LogP contribution in [-0.2, 0) is 17.8 Å². The summed E-state index contributed by atoms with van der Waals surface area (Å²) < 4.78 is 19.5. The van der Waals surface area contributed by atoms with Crippen LogP contribution in [0.15, 0.2) is 60.7 Å². The van der Waals surface area contributed by atoms with Crippen molar-refractivity contribution in [3.63, 3.8) is 0 Å². The summed E-state index contributed by atoms with van der Waals surface area (Å²) in [6, 6.07) is 20.4. The SMILES string of the molecule is C[B]COC[C@@H](F)CN(Cc1ccccc1)Cc1ccccc1. The fourth-order valence-corrected chi connectivity index (χ4v) is 2.51. The number of ether oxygens (including phenoxy) is 1. The third-order valence-electron chi connectivity index (χ3n) is 3.54. The van der Waals surface area contributed by atoms with Gasteiger partial charge in [0.25, 0.3) is 0 Å². The van der Waals surface area contributed by atoms with E-state index < -0.39 is 6.17 Å². The van der Waals surface area contributed by atoms with Gasteiger partial charge in [0.2, 0.25) is 0 Å². The van der Waals surface area contributed by atoms with Crippen LogP contribution >= 0.6 is 0 Å². The molecule has 2 nitrogen and oxygen atoms in total. The summed E-state index contributed by atoms with van der Waals surface area (Å²) in [6.45, 7) is 4.38. The van der Waals surface area contributed by atoms with Crippen molar-refractivity contribution in [1.82, 2.24) is 4.90 Å². The van der Waals surface area contributed by atoms with E-state index in [1.165, 1.54) is 11.1 Å². The molecule has 0 aliphatic carbocycles. The molecule has 23 heavy (non-hydrogen) atoms. The zero-order valence-electron chi connectivity index (χ0n) is 13.7. The second-order valence-corrected chi connectivity index (χ2v) is 5.68. The number of benzene rings is 2. The molecule has 0 aliphatic heterocycles. The Labute approximate surface area is 139 Å². The third-order valence-corrected chi connectivity index (χ3v) is 3.54. The second-order valence-electron chi connectivity index (χ2n) is 5.68. The van der Waals surface area contributed by atoms with E-state index in [1.54, 1.807) is 0 Å². The lowest BCUT2D eigenvalue weighted by molar-refractivity contribution is 0.0788. The van der Waals surface area contributed by atoms with Gasteiger partial charge in [-0.3, -0.25) is 4.90 Å². The number of halogens is 1. The average Bonchev–Trinajstić information content (AvgIpc) is 2.57. The summed E-state index contributed by atoms with van der Waals surface area (Å²) in [5.41, 5.74) is 2.39. The van der Waals surface area contributed by atoms with Crippen LogP contribution in [0.3, 0.4) is 0 Å². The van der Waals surface area contributed by atoms with E-state index in [9.17, 15) is 4.39 Å². The van der Waals surface area contributed by atoms with E-state index in [1.807, 2.05) is 50.5 Å². The number of rotatable bonds is 10. The Kier molecular flexibility index (Phi) is 7.84. The minimum absolute atomic E-state index is 0.143. The van der Waals surface area contributed by atoms with Crippen LogP contribution in [0.25, 0.3) is 0 Å². The molecule has 0 bridgehead atoms. The molecule has 0 aliphatic rings. The first kappa shape index (κ1) is 17.7. The molecule has 2 aromatic carbocycles. The van der Waals surface area contributed by atoms with E-state index in [4.69, 9.17) is 4.74 Å². The van der Waals surface area contributed by atoms with Gasteiger partial charge < -0.3 is 4.74 Å². The predicted octanol–water partition coefficient (Wildman–Crippen LogP) is 3.75. The number of hydrogen-bond acceptors (Lipinski definition) is 2. The van der Waals surface area contributed by atoms with Crippen LogP contribution in [0.5, 0.6) is 0 Å². The van der Waals surface area contributed by atoms with Gasteiger partial charge in [-0.05, 0) is 11.1 Å². The predicted molar refractivity (Wildman–Crippen MR) is 94.3 cm³/mol. The summed E-state index contributed by atoms with van der Waals surface area (Å²) >= 11 is 0. The second kappa shape index (κ2) is 10.2. The molecule has 0 N–H and O–H groups in total. The van der Waals surface area contributed by atoms with Crippen LogP contribution in [-0.4, -0.2) is 38.0 Å². The van der Waals surface area contributed by atoms with Gasteiger partial charge in [0.1, 0.15) is 13.5 Å². The molecule has 0 unspecified atom stereocenters. The Morgan fingerprint density at radius 1 is 0.957 bits per heavy atom. The Bertz CT molecular complexity index is 496. The standard InChI is InChI=1S/C19H24BFNO/c1-20-16-23-15-19(21)14-22(12-17-8-4-2-5-9-17)13-18-10-6-3-7-11-18/h2-11,19H,12-16H2,1H3/t19-/m0/s1. The highest BCUT2D eigenvalue weighted by molar-refractivity contribution is 6.33. The third kappa shape index (κ3) is 6.98. The highest BCUT2D eigenvalue weighted by Gasteiger charge is 2.14. The molecule has 2 aromatic rings. The number of nitrogens with zero attached hydrogens (tertiary/aromatic N) is 1. The van der Waals surface area contributed by atoms with Gasteiger partial charge in [-0.25, -0.2) is 4.39 Å². The Morgan fingerprint density at radius 3 is 1.96 bits per heavy atom. The van der Waals surface area contributed by atoms with Gasteiger partial charge in [-0.2, -0.15) is 0 Å². The maximum Gasteiger partial charge on any atom is 0.141 e. The zero-order chi connectivity index (χ0) is 16.3. The highest BCUT2D eigenvalue weighted by Crippen LogP contribution is 2.11. The van der Waals surface area contributed by atoms with Crippen molar-refractivity contribution in [2.24, 2.45) is 0 Å². The molecule has 2 rings (SSSR count). The molecule has 0 aromatic heterocycles. The molecule has 121 valence electrons. The van der Waals surface area contributed by atoms with Crippen molar-refractivity contribution in [3.8, 4) is 0 Å². The van der Waals surface area contributed by atoms with Crippen LogP contribution in [0, 0.1) is 0 Å². The molecule has 0 saturated heterocycles. The summed E-state index contributed by atoms with van der Waals surface area (Å²) in [5.74, 6) is 0. The zero-order valence-corrected chi connectivity index (χ0v) is 13.7. The lowest BCUT2D eigenvalue weighted by Gasteiger charge is -2.24. The van der Waals surface area contributed by atoms with Crippen molar-refractivity contribution < 1.29 is 9.13 Å². The molecule has 0 amide bonds. The van der Waals surface area contributed by atoms with Crippen molar-refractivity contribution in [2.45, 2.75) is 26.1 Å². The Morgan fingerprint density at radius 2 is 1.48 bits per heavy atom. The maximum atomic E-state index is 14.2. The average molecular weight is 312 g/mol. The molecule has 0 fully saturated rings. The van der Waals surface area contributed by atoms with Gasteiger partial charge in [0.05, 0.1) is 6.61 Å². The lowest BCUT2D eigenvalue weighted by Crippen LogP contribution is -2.32. The van der Waals surface area contributed by atoms with Gasteiger partial charge in [0.15, 0.2) is 0 Å². The normalized spacial score (nSPS) is 12.3. The monoisotopic (exact) mass is 312 g/mol. The number of alkyl halides is 1. The van der Waals surface area contributed by atoms with Crippen LogP contribution in [0.1, 0.15) is 11.1 Å². The molecule has 0 spiro atoms. The molecule has 1 atom stereocenters. The van der Waals surface area contributed by atoms with Crippen LogP contribution < -0.4 is 0 Å². The fraction of sp³-hybridized carbons (Fsp3) is 0.368. The van der Waals surface area contributed by atoms with Crippen LogP contribution in [0.2, 0.25) is 6.82 Å². The smallest absolute Gasteiger partial charge is 0.141 e. The minimum Gasteiger partial charge on any atom is -0.387 e. The van der Waals surface area contributed by atoms with Gasteiger partial charge in [-0.15, -0.1) is 0 Å². The molecular formula is C19H24BFNO. The number of hydrogen-bond donors (Lipinski definition) is 0. The van der Waals surface area contributed by atoms with E-state index in [0.29, 0.717) is 13.1 Å². The van der Waals surface area contributed by atoms with Gasteiger partial charge in [-0.1, -0.05) is 67.5 Å². The first-order valence-corrected chi connectivity index (χ1v) is 8.07. The topological polar surface area (TPSA) is 12.5 Å². The van der Waals surface area contributed by atoms with Crippen molar-refractivity contribution in [1.29, 1.82) is 0 Å². The summed E-state index contributed by atoms with van der Waals surface area (Å²) in [5, 5.41) is 0. The molecule has 1 radical (unpaired) electrons. The largest absolute Gasteiger partial charge is 0.387 e. The molecule has 0 saturated carbocycles. The first-order chi connectivity index (χ1) is 11.3. The Hall–Kier alpha value is -1.65. The van der Waals surface area contributed by atoms with E-state index in [2.05, 4.69) is 29.2 Å². The van der Waals surface area contributed by atoms with E-state index in [0.717, 1.165) is 13.1 Å². The van der Waals surface area contributed by atoms with E-state index in [-0.39, 0.29) is 6.61 Å². The first-order valence-electron chi connectivity index (χ1n) is 8.07. The maximum absolute atomic E-state index is 14.2.